The Balaban J connectivity index is 1.54. The lowest BCUT2D eigenvalue weighted by molar-refractivity contribution is -0.138. The van der Waals surface area contributed by atoms with Crippen LogP contribution < -0.4 is 20.7 Å². The first-order valence-electron chi connectivity index (χ1n) is 13.5. The highest BCUT2D eigenvalue weighted by Crippen LogP contribution is 2.39. The summed E-state index contributed by atoms with van der Waals surface area (Å²) in [6.45, 7) is 7.83. The molecule has 1 amide bonds. The number of anilines is 3. The summed E-state index contributed by atoms with van der Waals surface area (Å²) in [6.07, 6.45) is -0.895. The minimum absolute atomic E-state index is 0.160. The van der Waals surface area contributed by atoms with Crippen molar-refractivity contribution in [1.29, 1.82) is 0 Å². The van der Waals surface area contributed by atoms with Gasteiger partial charge in [-0.2, -0.15) is 13.2 Å². The van der Waals surface area contributed by atoms with Gasteiger partial charge in [0.15, 0.2) is 0 Å². The molecule has 224 valence electrons. The lowest BCUT2D eigenvalue weighted by Crippen LogP contribution is -2.55. The van der Waals surface area contributed by atoms with Crippen LogP contribution in [0.25, 0.3) is 11.1 Å². The minimum Gasteiger partial charge on any atom is -0.378 e. The second-order valence-corrected chi connectivity index (χ2v) is 11.0. The summed E-state index contributed by atoms with van der Waals surface area (Å²) in [5, 5.41) is 3.03. The summed E-state index contributed by atoms with van der Waals surface area (Å²) in [7, 11) is 2.03. The topological polar surface area (TPSA) is 107 Å². The van der Waals surface area contributed by atoms with Gasteiger partial charge in [0.25, 0.3) is 5.91 Å². The van der Waals surface area contributed by atoms with Gasteiger partial charge in [-0.05, 0) is 33.0 Å². The number of nitrogens with one attached hydrogen (secondary N) is 2. The molecule has 2 aliphatic rings. The van der Waals surface area contributed by atoms with Crippen molar-refractivity contribution in [2.45, 2.75) is 32.1 Å². The Morgan fingerprint density at radius 3 is 2.33 bits per heavy atom. The molecule has 14 heteroatoms. The van der Waals surface area contributed by atoms with E-state index in [2.05, 4.69) is 43.9 Å². The van der Waals surface area contributed by atoms with E-state index in [0.717, 1.165) is 6.20 Å². The molecule has 10 nitrogen and oxygen atoms in total. The third-order valence-electron chi connectivity index (χ3n) is 7.75. The van der Waals surface area contributed by atoms with Crippen LogP contribution in [0.3, 0.4) is 0 Å². The number of amides is 1. The van der Waals surface area contributed by atoms with Gasteiger partial charge in [0.1, 0.15) is 0 Å². The molecular formula is C28H31ClF3N7O3. The van der Waals surface area contributed by atoms with Crippen LogP contribution >= 0.6 is 11.6 Å². The quantitative estimate of drug-likeness (QED) is 0.447. The summed E-state index contributed by atoms with van der Waals surface area (Å²) < 4.78 is 46.6. The molecule has 2 N–H and O–H groups in total. The lowest BCUT2D eigenvalue weighted by atomic mass is 10.0. The molecule has 0 spiro atoms. The molecular weight excluding hydrogens is 575 g/mol. The molecule has 2 aliphatic heterocycles. The first-order chi connectivity index (χ1) is 19.9. The molecule has 0 bridgehead atoms. The van der Waals surface area contributed by atoms with Gasteiger partial charge in [0.05, 0.1) is 40.7 Å². The van der Waals surface area contributed by atoms with Gasteiger partial charge in [0.2, 0.25) is 11.5 Å². The third kappa shape index (κ3) is 6.22. The molecule has 2 fully saturated rings. The van der Waals surface area contributed by atoms with Gasteiger partial charge in [-0.1, -0.05) is 11.6 Å². The van der Waals surface area contributed by atoms with E-state index in [-0.39, 0.29) is 17.8 Å². The third-order valence-corrected chi connectivity index (χ3v) is 8.06. The van der Waals surface area contributed by atoms with E-state index < -0.39 is 28.8 Å². The number of carbonyl (C=O) groups is 1. The zero-order chi connectivity index (χ0) is 30.2. The maximum Gasteiger partial charge on any atom is 0.417 e. The van der Waals surface area contributed by atoms with Gasteiger partial charge in [-0.3, -0.25) is 14.5 Å². The Morgan fingerprint density at radius 1 is 1.07 bits per heavy atom. The van der Waals surface area contributed by atoms with Crippen molar-refractivity contribution in [2.75, 3.05) is 61.6 Å². The number of piperazine rings is 1. The summed E-state index contributed by atoms with van der Waals surface area (Å²) in [5.74, 6) is -0.483. The van der Waals surface area contributed by atoms with Gasteiger partial charge in [0, 0.05) is 74.0 Å². The fourth-order valence-corrected chi connectivity index (χ4v) is 5.48. The molecule has 2 aromatic heterocycles. The fraction of sp³-hybridized carbons (Fsp3) is 0.429. The molecule has 3 aromatic rings. The second-order valence-electron chi connectivity index (χ2n) is 10.6. The van der Waals surface area contributed by atoms with Crippen LogP contribution in [0.1, 0.15) is 29.8 Å². The van der Waals surface area contributed by atoms with E-state index in [4.69, 9.17) is 16.3 Å². The number of likely N-dealkylation sites (N-methyl/N-ethyl adjacent to an activating group) is 1. The van der Waals surface area contributed by atoms with Crippen LogP contribution in [0.15, 0.2) is 41.6 Å². The van der Waals surface area contributed by atoms with Gasteiger partial charge < -0.3 is 24.8 Å². The number of aromatic amines is 1. The van der Waals surface area contributed by atoms with Gasteiger partial charge in [-0.25, -0.2) is 9.97 Å². The summed E-state index contributed by atoms with van der Waals surface area (Å²) in [5.41, 5.74) is -1.10. The minimum atomic E-state index is -4.91. The predicted octanol–water partition coefficient (Wildman–Crippen LogP) is 4.12. The van der Waals surface area contributed by atoms with Crippen LogP contribution in [-0.2, 0) is 10.9 Å². The van der Waals surface area contributed by atoms with Crippen molar-refractivity contribution < 1.29 is 22.7 Å². The molecule has 42 heavy (non-hydrogen) atoms. The van der Waals surface area contributed by atoms with Crippen molar-refractivity contribution in [3.05, 3.63) is 63.3 Å². The number of H-pyrrole nitrogens is 1. The molecule has 4 heterocycles. The molecule has 0 aliphatic carbocycles. The number of hydrogen-bond acceptors (Lipinski definition) is 8. The van der Waals surface area contributed by atoms with Crippen molar-refractivity contribution in [1.82, 2.24) is 19.9 Å². The Kier molecular flexibility index (Phi) is 8.44. The molecule has 5 rings (SSSR count). The fourth-order valence-electron chi connectivity index (χ4n) is 5.22. The maximum absolute atomic E-state index is 13.7. The zero-order valence-electron chi connectivity index (χ0n) is 23.3. The van der Waals surface area contributed by atoms with E-state index in [1.165, 1.54) is 0 Å². The number of aromatic nitrogens is 3. The number of nitrogens with zero attached hydrogens (tertiary/aromatic N) is 5. The normalized spacial score (nSPS) is 20.1. The summed E-state index contributed by atoms with van der Waals surface area (Å²) >= 11 is 6.78. The van der Waals surface area contributed by atoms with E-state index in [1.807, 2.05) is 11.9 Å². The van der Waals surface area contributed by atoms with Crippen LogP contribution in [0.2, 0.25) is 5.02 Å². The maximum atomic E-state index is 13.7. The lowest BCUT2D eigenvalue weighted by Gasteiger charge is -2.44. The van der Waals surface area contributed by atoms with Gasteiger partial charge in [-0.15, -0.1) is 0 Å². The van der Waals surface area contributed by atoms with Crippen LogP contribution in [0.5, 0.6) is 0 Å². The van der Waals surface area contributed by atoms with E-state index >= 15 is 0 Å². The number of halogens is 4. The average molecular weight is 606 g/mol. The average Bonchev–Trinajstić information content (AvgIpc) is 2.96. The number of morpholine rings is 1. The van der Waals surface area contributed by atoms with Gasteiger partial charge >= 0.3 is 6.18 Å². The van der Waals surface area contributed by atoms with E-state index in [0.29, 0.717) is 73.2 Å². The van der Waals surface area contributed by atoms with E-state index in [9.17, 15) is 22.8 Å². The Morgan fingerprint density at radius 2 is 1.71 bits per heavy atom. The monoisotopic (exact) mass is 605 g/mol. The smallest absolute Gasteiger partial charge is 0.378 e. The number of pyridine rings is 1. The first kappa shape index (κ1) is 29.8. The Labute approximate surface area is 245 Å². The summed E-state index contributed by atoms with van der Waals surface area (Å²) in [4.78, 5) is 42.4. The molecule has 0 saturated carbocycles. The zero-order valence-corrected chi connectivity index (χ0v) is 24.1. The molecule has 2 atom stereocenters. The number of carbonyl (C=O) groups excluding carboxylic acids is 1. The van der Waals surface area contributed by atoms with Crippen molar-refractivity contribution in [3.63, 3.8) is 0 Å². The Hall–Kier alpha value is -3.68. The number of hydrogen-bond donors (Lipinski definition) is 2. The summed E-state index contributed by atoms with van der Waals surface area (Å²) in [6, 6.07) is 4.01. The van der Waals surface area contributed by atoms with Crippen LogP contribution in [-0.4, -0.2) is 84.3 Å². The molecule has 1 aromatic carbocycles. The standard InChI is InChI=1S/C28H31ClF3N7O3/c1-16-14-39(15-17(2)37(16)3)24-10-22(29)19(18-11-34-27(35-12-18)38-4-6-42-7-5-38)8-23(24)36-26(41)20-13-33-25(40)9-21(20)28(30,31)32/h8-13,16-17H,4-7,14-15H2,1-3H3,(H,33,40)(H,36,41)/t16-,17+. The number of benzene rings is 1. The van der Waals surface area contributed by atoms with Crippen LogP contribution in [0, 0.1) is 0 Å². The number of rotatable bonds is 5. The van der Waals surface area contributed by atoms with E-state index in [1.54, 1.807) is 24.5 Å². The van der Waals surface area contributed by atoms with Crippen LogP contribution in [0.4, 0.5) is 30.5 Å². The Bertz CT molecular complexity index is 1500. The highest BCUT2D eigenvalue weighted by Gasteiger charge is 2.36. The van der Waals surface area contributed by atoms with Crippen molar-refractivity contribution >= 4 is 34.8 Å². The SMILES string of the molecule is C[C@@H]1CN(c2cc(Cl)c(-c3cnc(N4CCOCC4)nc3)cc2NC(=O)c2c[nH]c(=O)cc2C(F)(F)F)C[C@H](C)N1C. The highest BCUT2D eigenvalue weighted by atomic mass is 35.5. The predicted molar refractivity (Wildman–Crippen MR) is 154 cm³/mol. The number of ether oxygens (including phenoxy) is 1. The first-order valence-corrected chi connectivity index (χ1v) is 13.9. The molecule has 2 saturated heterocycles. The van der Waals surface area contributed by atoms with Crippen molar-refractivity contribution in [2.24, 2.45) is 0 Å². The second kappa shape index (κ2) is 11.9. The molecule has 0 radical (unpaired) electrons. The largest absolute Gasteiger partial charge is 0.417 e. The highest BCUT2D eigenvalue weighted by molar-refractivity contribution is 6.34. The van der Waals surface area contributed by atoms with Crippen molar-refractivity contribution in [3.8, 4) is 11.1 Å². The molecule has 0 unspecified atom stereocenters. The number of alkyl halides is 3.